The Hall–Kier alpha value is -1.36. The van der Waals surface area contributed by atoms with E-state index >= 15 is 0 Å². The zero-order chi connectivity index (χ0) is 14.3. The molecule has 0 saturated carbocycles. The smallest absolute Gasteiger partial charge is 0.323 e. The molecule has 0 amide bonds. The molecule has 19 heavy (non-hydrogen) atoms. The van der Waals surface area contributed by atoms with Crippen LogP contribution < -0.4 is 5.32 Å². The van der Waals surface area contributed by atoms with Crippen LogP contribution in [-0.4, -0.2) is 32.9 Å². The van der Waals surface area contributed by atoms with E-state index in [1.54, 1.807) is 0 Å². The summed E-state index contributed by atoms with van der Waals surface area (Å²) in [5.41, 5.74) is 0.335. The maximum atomic E-state index is 11.5. The van der Waals surface area contributed by atoms with E-state index in [0.717, 1.165) is 31.5 Å². The fraction of sp³-hybridized carbons (Fsp3) is 0.714. The first-order valence-electron chi connectivity index (χ1n) is 7.01. The summed E-state index contributed by atoms with van der Waals surface area (Å²) in [6.07, 6.45) is 6.76. The van der Waals surface area contributed by atoms with Crippen LogP contribution in [0.5, 0.6) is 0 Å². The van der Waals surface area contributed by atoms with Crippen LogP contribution in [0.1, 0.15) is 45.1 Å². The summed E-state index contributed by atoms with van der Waals surface area (Å²) in [5, 5.41) is 16.9. The van der Waals surface area contributed by atoms with Crippen LogP contribution >= 0.6 is 0 Å². The highest BCUT2D eigenvalue weighted by molar-refractivity contribution is 5.78. The summed E-state index contributed by atoms with van der Waals surface area (Å²) in [6, 6.07) is 0. The van der Waals surface area contributed by atoms with Crippen molar-refractivity contribution in [3.05, 3.63) is 18.0 Å². The number of carboxylic acids is 1. The van der Waals surface area contributed by atoms with Crippen molar-refractivity contribution in [1.82, 2.24) is 15.1 Å². The van der Waals surface area contributed by atoms with Gasteiger partial charge in [0.1, 0.15) is 5.54 Å². The molecular weight excluding hydrogens is 242 g/mol. The summed E-state index contributed by atoms with van der Waals surface area (Å²) in [6.45, 7) is 7.47. The topological polar surface area (TPSA) is 67.2 Å². The van der Waals surface area contributed by atoms with Gasteiger partial charge in [-0.25, -0.2) is 0 Å². The lowest BCUT2D eigenvalue weighted by Crippen LogP contribution is -2.52. The van der Waals surface area contributed by atoms with Gasteiger partial charge >= 0.3 is 5.97 Å². The Morgan fingerprint density at radius 2 is 2.26 bits per heavy atom. The number of aryl methyl sites for hydroxylation is 2. The van der Waals surface area contributed by atoms with Crippen molar-refractivity contribution >= 4 is 5.97 Å². The van der Waals surface area contributed by atoms with Crippen LogP contribution in [-0.2, 0) is 11.3 Å². The Morgan fingerprint density at radius 1 is 1.53 bits per heavy atom. The highest BCUT2D eigenvalue weighted by Gasteiger charge is 2.35. The van der Waals surface area contributed by atoms with Gasteiger partial charge in [0.05, 0.1) is 6.20 Å². The van der Waals surface area contributed by atoms with Gasteiger partial charge in [0, 0.05) is 12.7 Å². The average Bonchev–Trinajstić information content (AvgIpc) is 2.79. The lowest BCUT2D eigenvalue weighted by molar-refractivity contribution is -0.145. The molecule has 1 aromatic rings. The molecule has 1 unspecified atom stereocenters. The fourth-order valence-electron chi connectivity index (χ4n) is 2.22. The van der Waals surface area contributed by atoms with E-state index in [0.29, 0.717) is 12.8 Å². The fourth-order valence-corrected chi connectivity index (χ4v) is 2.22. The van der Waals surface area contributed by atoms with Crippen LogP contribution in [0, 0.1) is 6.92 Å². The Morgan fingerprint density at radius 3 is 2.74 bits per heavy atom. The van der Waals surface area contributed by atoms with Gasteiger partial charge in [0.25, 0.3) is 0 Å². The van der Waals surface area contributed by atoms with Crippen molar-refractivity contribution in [2.45, 2.75) is 58.5 Å². The predicted octanol–water partition coefficient (Wildman–Crippen LogP) is 2.20. The van der Waals surface area contributed by atoms with Crippen molar-refractivity contribution in [2.24, 2.45) is 0 Å². The molecule has 0 radical (unpaired) electrons. The number of aromatic nitrogens is 2. The number of hydrogen-bond acceptors (Lipinski definition) is 3. The van der Waals surface area contributed by atoms with E-state index in [1.165, 1.54) is 0 Å². The summed E-state index contributed by atoms with van der Waals surface area (Å²) >= 11 is 0. The Labute approximate surface area is 115 Å². The molecule has 0 aliphatic rings. The second-order valence-electron chi connectivity index (χ2n) is 5.05. The quantitative estimate of drug-likeness (QED) is 0.720. The summed E-state index contributed by atoms with van der Waals surface area (Å²) < 4.78 is 1.87. The van der Waals surface area contributed by atoms with Crippen LogP contribution in [0.3, 0.4) is 0 Å². The van der Waals surface area contributed by atoms with Gasteiger partial charge in [-0.15, -0.1) is 0 Å². The highest BCUT2D eigenvalue weighted by Crippen LogP contribution is 2.19. The van der Waals surface area contributed by atoms with E-state index in [4.69, 9.17) is 0 Å². The Bertz CT molecular complexity index is 403. The monoisotopic (exact) mass is 267 g/mol. The highest BCUT2D eigenvalue weighted by atomic mass is 16.4. The van der Waals surface area contributed by atoms with E-state index in [1.807, 2.05) is 37.8 Å². The summed E-state index contributed by atoms with van der Waals surface area (Å²) in [7, 11) is 0. The molecule has 0 spiro atoms. The summed E-state index contributed by atoms with van der Waals surface area (Å²) in [4.78, 5) is 11.5. The van der Waals surface area contributed by atoms with Gasteiger partial charge in [0.2, 0.25) is 0 Å². The molecular formula is C14H25N3O2. The lowest BCUT2D eigenvalue weighted by atomic mass is 9.90. The van der Waals surface area contributed by atoms with E-state index < -0.39 is 11.5 Å². The molecule has 1 aromatic heterocycles. The van der Waals surface area contributed by atoms with Gasteiger partial charge in [-0.2, -0.15) is 5.10 Å². The number of aliphatic carboxylic acids is 1. The average molecular weight is 267 g/mol. The third-order valence-corrected chi connectivity index (χ3v) is 3.48. The van der Waals surface area contributed by atoms with Crippen molar-refractivity contribution in [1.29, 1.82) is 0 Å². The third kappa shape index (κ3) is 4.35. The number of nitrogens with zero attached hydrogens (tertiary/aromatic N) is 2. The second kappa shape index (κ2) is 7.28. The number of carboxylic acid groups (broad SMARTS) is 1. The molecule has 0 aromatic carbocycles. The molecule has 0 aliphatic carbocycles. The Balaban J connectivity index is 2.54. The van der Waals surface area contributed by atoms with Crippen molar-refractivity contribution in [2.75, 3.05) is 6.54 Å². The van der Waals surface area contributed by atoms with E-state index in [2.05, 4.69) is 10.4 Å². The molecule has 1 rings (SSSR count). The standard InChI is InChI=1S/C14H25N3O2/c1-4-8-15-14(5-2,13(18)19)7-6-9-17-11-12(3)10-16-17/h10-11,15H,4-9H2,1-3H3,(H,18,19). The first kappa shape index (κ1) is 15.7. The lowest BCUT2D eigenvalue weighted by Gasteiger charge is -2.29. The van der Waals surface area contributed by atoms with Gasteiger partial charge in [-0.1, -0.05) is 13.8 Å². The van der Waals surface area contributed by atoms with Crippen molar-refractivity contribution in [3.63, 3.8) is 0 Å². The molecule has 0 aliphatic heterocycles. The first-order valence-corrected chi connectivity index (χ1v) is 7.01. The normalized spacial score (nSPS) is 14.3. The van der Waals surface area contributed by atoms with Crippen molar-refractivity contribution in [3.8, 4) is 0 Å². The number of hydrogen-bond donors (Lipinski definition) is 2. The number of carbonyl (C=O) groups is 1. The molecule has 0 saturated heterocycles. The summed E-state index contributed by atoms with van der Waals surface area (Å²) in [5.74, 6) is -0.750. The zero-order valence-corrected chi connectivity index (χ0v) is 12.1. The molecule has 0 fully saturated rings. The minimum Gasteiger partial charge on any atom is -0.480 e. The van der Waals surface area contributed by atoms with E-state index in [-0.39, 0.29) is 0 Å². The second-order valence-corrected chi connectivity index (χ2v) is 5.05. The molecule has 2 N–H and O–H groups in total. The van der Waals surface area contributed by atoms with Crippen LogP contribution in [0.4, 0.5) is 0 Å². The number of nitrogens with one attached hydrogen (secondary N) is 1. The predicted molar refractivity (Wildman–Crippen MR) is 75.1 cm³/mol. The largest absolute Gasteiger partial charge is 0.480 e. The molecule has 0 bridgehead atoms. The number of rotatable bonds is 9. The first-order chi connectivity index (χ1) is 9.04. The minimum atomic E-state index is -0.793. The van der Waals surface area contributed by atoms with Gasteiger partial charge in [0.15, 0.2) is 0 Å². The van der Waals surface area contributed by atoms with Crippen LogP contribution in [0.2, 0.25) is 0 Å². The molecule has 1 heterocycles. The maximum Gasteiger partial charge on any atom is 0.323 e. The maximum absolute atomic E-state index is 11.5. The zero-order valence-electron chi connectivity index (χ0n) is 12.1. The minimum absolute atomic E-state index is 0.598. The molecule has 5 nitrogen and oxygen atoms in total. The van der Waals surface area contributed by atoms with Gasteiger partial charge < -0.3 is 10.4 Å². The van der Waals surface area contributed by atoms with Crippen LogP contribution in [0.15, 0.2) is 12.4 Å². The molecule has 1 atom stereocenters. The third-order valence-electron chi connectivity index (χ3n) is 3.48. The molecule has 108 valence electrons. The van der Waals surface area contributed by atoms with Gasteiger partial charge in [-0.3, -0.25) is 9.48 Å². The SMILES string of the molecule is CCCNC(CC)(CCCn1cc(C)cn1)C(=O)O. The van der Waals surface area contributed by atoms with Crippen LogP contribution in [0.25, 0.3) is 0 Å². The van der Waals surface area contributed by atoms with Gasteiger partial charge in [-0.05, 0) is 44.7 Å². The van der Waals surface area contributed by atoms with Crippen molar-refractivity contribution < 1.29 is 9.90 Å². The molecule has 5 heteroatoms. The van der Waals surface area contributed by atoms with E-state index in [9.17, 15) is 9.90 Å². The Kier molecular flexibility index (Phi) is 6.02.